The molecular formula is C18H24N2O3. The molecule has 124 valence electrons. The van der Waals surface area contributed by atoms with E-state index in [-0.39, 0.29) is 24.9 Å². The van der Waals surface area contributed by atoms with Crippen LogP contribution in [-0.4, -0.2) is 24.7 Å². The van der Waals surface area contributed by atoms with Crippen molar-refractivity contribution in [1.29, 1.82) is 0 Å². The van der Waals surface area contributed by atoms with E-state index in [2.05, 4.69) is 5.10 Å². The Kier molecular flexibility index (Phi) is 5.28. The van der Waals surface area contributed by atoms with Crippen LogP contribution in [0.1, 0.15) is 45.4 Å². The van der Waals surface area contributed by atoms with Gasteiger partial charge < -0.3 is 9.47 Å². The zero-order valence-corrected chi connectivity index (χ0v) is 13.6. The van der Waals surface area contributed by atoms with Gasteiger partial charge in [-0.05, 0) is 31.9 Å². The number of anilines is 1. The lowest BCUT2D eigenvalue weighted by atomic mass is 9.89. The number of esters is 1. The van der Waals surface area contributed by atoms with Crippen molar-refractivity contribution in [2.75, 3.05) is 11.8 Å². The second kappa shape index (κ2) is 7.59. The standard InChI is InChI=1S/C18H24N2O3/c1-14-12-17(20(19-14)16-10-6-3-7-11-16)22-13-23-18(21)15-8-4-2-5-9-15/h3,6-7,10-11,15,17H,2,4-5,8-9,12-13H2,1H3. The maximum absolute atomic E-state index is 12.0. The minimum Gasteiger partial charge on any atom is -0.438 e. The highest BCUT2D eigenvalue weighted by atomic mass is 16.7. The van der Waals surface area contributed by atoms with E-state index in [1.165, 1.54) is 6.42 Å². The fraction of sp³-hybridized carbons (Fsp3) is 0.556. The third-order valence-electron chi connectivity index (χ3n) is 4.44. The van der Waals surface area contributed by atoms with Crippen LogP contribution in [-0.2, 0) is 14.3 Å². The zero-order chi connectivity index (χ0) is 16.1. The molecule has 1 saturated carbocycles. The average molecular weight is 316 g/mol. The van der Waals surface area contributed by atoms with Crippen molar-refractivity contribution in [2.45, 2.75) is 51.7 Å². The molecule has 5 nitrogen and oxygen atoms in total. The smallest absolute Gasteiger partial charge is 0.311 e. The molecule has 1 heterocycles. The lowest BCUT2D eigenvalue weighted by Crippen LogP contribution is -2.31. The van der Waals surface area contributed by atoms with Crippen LogP contribution >= 0.6 is 0 Å². The Morgan fingerprint density at radius 2 is 1.96 bits per heavy atom. The molecule has 1 aliphatic heterocycles. The van der Waals surface area contributed by atoms with Crippen molar-refractivity contribution in [2.24, 2.45) is 11.0 Å². The van der Waals surface area contributed by atoms with Gasteiger partial charge in [-0.15, -0.1) is 0 Å². The van der Waals surface area contributed by atoms with E-state index in [1.54, 1.807) is 0 Å². The molecule has 0 aromatic heterocycles. The first-order chi connectivity index (χ1) is 11.2. The number of rotatable bonds is 5. The van der Waals surface area contributed by atoms with Crippen molar-refractivity contribution in [3.8, 4) is 0 Å². The summed E-state index contributed by atoms with van der Waals surface area (Å²) < 4.78 is 11.1. The molecule has 0 saturated heterocycles. The van der Waals surface area contributed by atoms with Crippen LogP contribution in [0.4, 0.5) is 5.69 Å². The molecule has 0 radical (unpaired) electrons. The summed E-state index contributed by atoms with van der Waals surface area (Å²) in [6.07, 6.45) is 5.87. The molecule has 5 heteroatoms. The van der Waals surface area contributed by atoms with Gasteiger partial charge in [-0.25, -0.2) is 5.01 Å². The summed E-state index contributed by atoms with van der Waals surface area (Å²) in [4.78, 5) is 12.0. The second-order valence-corrected chi connectivity index (χ2v) is 6.26. The van der Waals surface area contributed by atoms with Gasteiger partial charge in [0.15, 0.2) is 13.0 Å². The van der Waals surface area contributed by atoms with Crippen LogP contribution in [0.3, 0.4) is 0 Å². The van der Waals surface area contributed by atoms with Gasteiger partial charge in [-0.3, -0.25) is 4.79 Å². The topological polar surface area (TPSA) is 51.1 Å². The quantitative estimate of drug-likeness (QED) is 0.614. The molecule has 1 unspecified atom stereocenters. The summed E-state index contributed by atoms with van der Waals surface area (Å²) in [6.45, 7) is 1.97. The lowest BCUT2D eigenvalue weighted by molar-refractivity contribution is -0.166. The van der Waals surface area contributed by atoms with Gasteiger partial charge >= 0.3 is 5.97 Å². The van der Waals surface area contributed by atoms with E-state index >= 15 is 0 Å². The minimum absolute atomic E-state index is 0.00780. The molecule has 0 N–H and O–H groups in total. The Balaban J connectivity index is 1.50. The predicted octanol–water partition coefficient (Wildman–Crippen LogP) is 3.70. The highest BCUT2D eigenvalue weighted by molar-refractivity contribution is 5.86. The second-order valence-electron chi connectivity index (χ2n) is 6.26. The van der Waals surface area contributed by atoms with Gasteiger partial charge in [-0.1, -0.05) is 37.5 Å². The Bertz CT molecular complexity index is 553. The van der Waals surface area contributed by atoms with E-state index in [0.717, 1.165) is 43.5 Å². The van der Waals surface area contributed by atoms with Crippen LogP contribution < -0.4 is 5.01 Å². The maximum Gasteiger partial charge on any atom is 0.311 e. The summed E-state index contributed by atoms with van der Waals surface area (Å²) in [5, 5.41) is 6.36. The van der Waals surface area contributed by atoms with Crippen LogP contribution in [0.2, 0.25) is 0 Å². The predicted molar refractivity (Wildman–Crippen MR) is 89.1 cm³/mol. The summed E-state index contributed by atoms with van der Waals surface area (Å²) in [7, 11) is 0. The zero-order valence-electron chi connectivity index (χ0n) is 13.6. The molecule has 0 amide bonds. The number of para-hydroxylation sites is 1. The Morgan fingerprint density at radius 3 is 2.70 bits per heavy atom. The molecule has 3 rings (SSSR count). The minimum atomic E-state index is -0.212. The molecule has 0 bridgehead atoms. The van der Waals surface area contributed by atoms with Gasteiger partial charge in [0.2, 0.25) is 0 Å². The average Bonchev–Trinajstić information content (AvgIpc) is 2.97. The van der Waals surface area contributed by atoms with E-state index < -0.39 is 0 Å². The van der Waals surface area contributed by atoms with Gasteiger partial charge in [0, 0.05) is 12.1 Å². The molecule has 0 spiro atoms. The molecule has 1 aliphatic carbocycles. The van der Waals surface area contributed by atoms with Gasteiger partial charge in [-0.2, -0.15) is 5.10 Å². The van der Waals surface area contributed by atoms with Gasteiger partial charge in [0.1, 0.15) is 0 Å². The number of hydrogen-bond acceptors (Lipinski definition) is 5. The van der Waals surface area contributed by atoms with Crippen molar-refractivity contribution in [1.82, 2.24) is 0 Å². The molecule has 1 fully saturated rings. The molecule has 2 aliphatic rings. The largest absolute Gasteiger partial charge is 0.438 e. The monoisotopic (exact) mass is 316 g/mol. The SMILES string of the molecule is CC1=NN(c2ccccc2)C(OCOC(=O)C2CCCCC2)C1. The summed E-state index contributed by atoms with van der Waals surface area (Å²) in [5.74, 6) is -0.0641. The summed E-state index contributed by atoms with van der Waals surface area (Å²) >= 11 is 0. The van der Waals surface area contributed by atoms with E-state index in [1.807, 2.05) is 42.3 Å². The number of hydrogen-bond donors (Lipinski definition) is 0. The third kappa shape index (κ3) is 4.10. The van der Waals surface area contributed by atoms with Crippen LogP contribution in [0.25, 0.3) is 0 Å². The Hall–Kier alpha value is -1.88. The van der Waals surface area contributed by atoms with Gasteiger partial charge in [0.05, 0.1) is 11.6 Å². The van der Waals surface area contributed by atoms with Crippen molar-refractivity contribution < 1.29 is 14.3 Å². The third-order valence-corrected chi connectivity index (χ3v) is 4.44. The van der Waals surface area contributed by atoms with Crippen LogP contribution in [0.15, 0.2) is 35.4 Å². The molecule has 1 atom stereocenters. The van der Waals surface area contributed by atoms with Crippen molar-refractivity contribution in [3.05, 3.63) is 30.3 Å². The Morgan fingerprint density at radius 1 is 1.22 bits per heavy atom. The first kappa shape index (κ1) is 16.0. The number of carbonyl (C=O) groups is 1. The molecule has 23 heavy (non-hydrogen) atoms. The number of benzene rings is 1. The van der Waals surface area contributed by atoms with Crippen molar-refractivity contribution in [3.63, 3.8) is 0 Å². The first-order valence-corrected chi connectivity index (χ1v) is 8.40. The summed E-state index contributed by atoms with van der Waals surface area (Å²) in [6, 6.07) is 9.90. The number of ether oxygens (including phenoxy) is 2. The number of carbonyl (C=O) groups excluding carboxylic acids is 1. The van der Waals surface area contributed by atoms with Crippen LogP contribution in [0, 0.1) is 5.92 Å². The normalized spacial score (nSPS) is 22.0. The van der Waals surface area contributed by atoms with Gasteiger partial charge in [0.25, 0.3) is 0 Å². The highest BCUT2D eigenvalue weighted by Crippen LogP contribution is 2.26. The van der Waals surface area contributed by atoms with E-state index in [0.29, 0.717) is 0 Å². The maximum atomic E-state index is 12.0. The van der Waals surface area contributed by atoms with E-state index in [9.17, 15) is 4.79 Å². The van der Waals surface area contributed by atoms with Crippen molar-refractivity contribution >= 4 is 17.4 Å². The number of nitrogens with zero attached hydrogens (tertiary/aromatic N) is 2. The highest BCUT2D eigenvalue weighted by Gasteiger charge is 2.27. The lowest BCUT2D eigenvalue weighted by Gasteiger charge is -2.24. The fourth-order valence-electron chi connectivity index (χ4n) is 3.19. The summed E-state index contributed by atoms with van der Waals surface area (Å²) in [5.41, 5.74) is 1.99. The molecular weight excluding hydrogens is 292 g/mol. The fourth-order valence-corrected chi connectivity index (χ4v) is 3.19. The molecule has 1 aromatic rings. The first-order valence-electron chi connectivity index (χ1n) is 8.40. The van der Waals surface area contributed by atoms with Crippen LogP contribution in [0.5, 0.6) is 0 Å². The Labute approximate surface area is 137 Å². The number of hydrazone groups is 1. The molecule has 1 aromatic carbocycles. The van der Waals surface area contributed by atoms with E-state index in [4.69, 9.17) is 9.47 Å².